The zero-order valence-electron chi connectivity index (χ0n) is 18.7. The zero-order chi connectivity index (χ0) is 21.4. The van der Waals surface area contributed by atoms with Gasteiger partial charge in [-0.25, -0.2) is 4.79 Å². The van der Waals surface area contributed by atoms with Gasteiger partial charge in [0, 0.05) is 6.42 Å². The number of likely N-dealkylation sites (tertiary alicyclic amines) is 1. The molecule has 1 atom stereocenters. The number of hydrogen-bond acceptors (Lipinski definition) is 4. The number of amides is 1. The maximum absolute atomic E-state index is 13.5. The fourth-order valence-corrected chi connectivity index (χ4v) is 4.61. The van der Waals surface area contributed by atoms with Crippen molar-refractivity contribution in [2.45, 2.75) is 65.3 Å². The minimum Gasteiger partial charge on any atom is -0.497 e. The van der Waals surface area contributed by atoms with Crippen molar-refractivity contribution in [2.75, 3.05) is 39.2 Å². The molecular formula is C23H37N2O4+. The Morgan fingerprint density at radius 1 is 1.10 bits per heavy atom. The fourth-order valence-electron chi connectivity index (χ4n) is 4.61. The normalized spacial score (nSPS) is 17.1. The monoisotopic (exact) mass is 405 g/mol. The van der Waals surface area contributed by atoms with Crippen molar-refractivity contribution >= 4 is 17.6 Å². The van der Waals surface area contributed by atoms with E-state index in [4.69, 9.17) is 9.47 Å². The number of hydrogen-bond donors (Lipinski definition) is 1. The summed E-state index contributed by atoms with van der Waals surface area (Å²) in [7, 11) is 2.90. The molecule has 1 aromatic carbocycles. The number of quaternary nitrogens is 1. The van der Waals surface area contributed by atoms with Crippen LogP contribution in [0.4, 0.5) is 5.69 Å². The molecule has 162 valence electrons. The summed E-state index contributed by atoms with van der Waals surface area (Å²) in [5, 5.41) is 3.10. The molecule has 0 aliphatic carbocycles. The molecule has 6 heteroatoms. The summed E-state index contributed by atoms with van der Waals surface area (Å²) in [4.78, 5) is 25.9. The van der Waals surface area contributed by atoms with E-state index in [0.717, 1.165) is 55.4 Å². The number of benzene rings is 1. The number of rotatable bonds is 8. The number of anilines is 1. The molecule has 6 nitrogen and oxygen atoms in total. The third kappa shape index (κ3) is 5.30. The van der Waals surface area contributed by atoms with Gasteiger partial charge < -0.3 is 19.3 Å². The molecule has 29 heavy (non-hydrogen) atoms. The van der Waals surface area contributed by atoms with Gasteiger partial charge in [0.1, 0.15) is 5.75 Å². The highest BCUT2D eigenvalue weighted by atomic mass is 16.5. The lowest BCUT2D eigenvalue weighted by Crippen LogP contribution is -2.60. The molecule has 0 radical (unpaired) electrons. The van der Waals surface area contributed by atoms with E-state index < -0.39 is 5.97 Å². The highest BCUT2D eigenvalue weighted by molar-refractivity contribution is 6.03. The van der Waals surface area contributed by atoms with Crippen LogP contribution in [-0.2, 0) is 9.53 Å². The van der Waals surface area contributed by atoms with Crippen LogP contribution in [0.25, 0.3) is 0 Å². The molecule has 2 rings (SSSR count). The number of aryl methyl sites for hydroxylation is 1. The van der Waals surface area contributed by atoms with Crippen LogP contribution in [0.5, 0.6) is 5.75 Å². The van der Waals surface area contributed by atoms with Gasteiger partial charge in [-0.05, 0) is 63.6 Å². The number of ether oxygens (including phenoxy) is 2. The first-order valence-corrected chi connectivity index (χ1v) is 10.9. The molecule has 1 fully saturated rings. The minimum absolute atomic E-state index is 0.00554. The zero-order valence-corrected chi connectivity index (χ0v) is 18.7. The highest BCUT2D eigenvalue weighted by Gasteiger charge is 2.40. The average Bonchev–Trinajstić information content (AvgIpc) is 2.98. The summed E-state index contributed by atoms with van der Waals surface area (Å²) < 4.78 is 11.1. The molecule has 0 spiro atoms. The van der Waals surface area contributed by atoms with E-state index in [1.807, 2.05) is 13.0 Å². The third-order valence-electron chi connectivity index (χ3n) is 6.31. The van der Waals surface area contributed by atoms with Crippen LogP contribution in [0, 0.1) is 6.92 Å². The largest absolute Gasteiger partial charge is 0.497 e. The first-order chi connectivity index (χ1) is 13.9. The first-order valence-electron chi connectivity index (χ1n) is 10.9. The summed E-state index contributed by atoms with van der Waals surface area (Å²) in [6.45, 7) is 9.22. The topological polar surface area (TPSA) is 64.6 Å². The van der Waals surface area contributed by atoms with E-state index in [2.05, 4.69) is 19.2 Å². The van der Waals surface area contributed by atoms with E-state index in [9.17, 15) is 9.59 Å². The Morgan fingerprint density at radius 2 is 1.76 bits per heavy atom. The van der Waals surface area contributed by atoms with Crippen molar-refractivity contribution in [1.29, 1.82) is 0 Å². The summed E-state index contributed by atoms with van der Waals surface area (Å²) >= 11 is 0. The molecule has 0 aromatic heterocycles. The molecule has 0 bridgehead atoms. The molecule has 1 unspecified atom stereocenters. The Morgan fingerprint density at radius 3 is 2.28 bits per heavy atom. The lowest BCUT2D eigenvalue weighted by atomic mass is 10.0. The van der Waals surface area contributed by atoms with Gasteiger partial charge in [0.05, 0.1) is 45.1 Å². The lowest BCUT2D eigenvalue weighted by Gasteiger charge is -2.43. The summed E-state index contributed by atoms with van der Waals surface area (Å²) in [5.41, 5.74) is 1.63. The molecule has 1 aliphatic rings. The number of nitrogens with one attached hydrogen (secondary N) is 1. The summed E-state index contributed by atoms with van der Waals surface area (Å²) in [6.07, 6.45) is 6.59. The maximum atomic E-state index is 13.5. The van der Waals surface area contributed by atoms with E-state index >= 15 is 0 Å². The van der Waals surface area contributed by atoms with Crippen LogP contribution in [0.2, 0.25) is 0 Å². The molecule has 1 N–H and O–H groups in total. The SMILES string of the molecule is CCCC(C(=O)Nc1c(C)cc(OC)cc1C(=O)OC)[N+]1(CC)CCCCCC1. The molecule has 1 heterocycles. The standard InChI is InChI=1S/C23H36N2O4/c1-6-12-20(25(7-2)13-10-8-9-11-14-25)22(26)24-21-17(3)15-18(28-4)16-19(21)23(27)29-5/h15-16,20H,6-14H2,1-5H3/p+1. The van der Waals surface area contributed by atoms with E-state index in [-0.39, 0.29) is 11.9 Å². The Balaban J connectivity index is 2.40. The average molecular weight is 406 g/mol. The second-order valence-corrected chi connectivity index (χ2v) is 8.05. The third-order valence-corrected chi connectivity index (χ3v) is 6.31. The number of carbonyl (C=O) groups is 2. The highest BCUT2D eigenvalue weighted by Crippen LogP contribution is 2.30. The fraction of sp³-hybridized carbons (Fsp3) is 0.652. The van der Waals surface area contributed by atoms with E-state index in [1.165, 1.54) is 20.0 Å². The van der Waals surface area contributed by atoms with Crippen molar-refractivity contribution in [2.24, 2.45) is 0 Å². The minimum atomic E-state index is -0.483. The van der Waals surface area contributed by atoms with Crippen molar-refractivity contribution in [3.63, 3.8) is 0 Å². The van der Waals surface area contributed by atoms with Crippen LogP contribution in [0.1, 0.15) is 68.3 Å². The van der Waals surface area contributed by atoms with Crippen molar-refractivity contribution < 1.29 is 23.5 Å². The maximum Gasteiger partial charge on any atom is 0.340 e. The van der Waals surface area contributed by atoms with Gasteiger partial charge in [-0.1, -0.05) is 6.92 Å². The number of nitrogens with zero attached hydrogens (tertiary/aromatic N) is 1. The van der Waals surface area contributed by atoms with Gasteiger partial charge in [-0.15, -0.1) is 0 Å². The molecule has 1 saturated heterocycles. The van der Waals surface area contributed by atoms with Gasteiger partial charge in [-0.3, -0.25) is 4.79 Å². The van der Waals surface area contributed by atoms with Gasteiger partial charge in [0.2, 0.25) is 0 Å². The molecule has 1 amide bonds. The van der Waals surface area contributed by atoms with Crippen LogP contribution >= 0.6 is 0 Å². The van der Waals surface area contributed by atoms with Gasteiger partial charge >= 0.3 is 5.97 Å². The number of carbonyl (C=O) groups excluding carboxylic acids is 2. The number of likely N-dealkylation sites (N-methyl/N-ethyl adjacent to an activating group) is 1. The van der Waals surface area contributed by atoms with Crippen LogP contribution in [0.3, 0.4) is 0 Å². The predicted octanol–water partition coefficient (Wildman–Crippen LogP) is 4.31. The Labute approximate surface area is 175 Å². The Kier molecular flexibility index (Phi) is 8.50. The molecule has 0 saturated carbocycles. The molecular weight excluding hydrogens is 368 g/mol. The van der Waals surface area contributed by atoms with E-state index in [1.54, 1.807) is 13.2 Å². The van der Waals surface area contributed by atoms with Crippen molar-refractivity contribution in [1.82, 2.24) is 0 Å². The van der Waals surface area contributed by atoms with Crippen molar-refractivity contribution in [3.05, 3.63) is 23.3 Å². The van der Waals surface area contributed by atoms with E-state index in [0.29, 0.717) is 17.0 Å². The van der Waals surface area contributed by atoms with Crippen LogP contribution < -0.4 is 10.1 Å². The second-order valence-electron chi connectivity index (χ2n) is 8.05. The predicted molar refractivity (Wildman–Crippen MR) is 115 cm³/mol. The van der Waals surface area contributed by atoms with Gasteiger partial charge in [0.15, 0.2) is 6.04 Å². The van der Waals surface area contributed by atoms with Crippen molar-refractivity contribution in [3.8, 4) is 5.75 Å². The lowest BCUT2D eigenvalue weighted by molar-refractivity contribution is -0.940. The summed E-state index contributed by atoms with van der Waals surface area (Å²) in [6, 6.07) is 3.34. The number of methoxy groups -OCH3 is 2. The number of esters is 1. The van der Waals surface area contributed by atoms with Gasteiger partial charge in [0.25, 0.3) is 5.91 Å². The molecule has 1 aliphatic heterocycles. The quantitative estimate of drug-likeness (QED) is 0.517. The first kappa shape index (κ1) is 23.2. The van der Waals surface area contributed by atoms with Gasteiger partial charge in [-0.2, -0.15) is 0 Å². The smallest absolute Gasteiger partial charge is 0.340 e. The van der Waals surface area contributed by atoms with Crippen LogP contribution in [0.15, 0.2) is 12.1 Å². The Hall–Kier alpha value is -2.08. The summed E-state index contributed by atoms with van der Waals surface area (Å²) in [5.74, 6) is 0.0770. The second kappa shape index (κ2) is 10.6. The van der Waals surface area contributed by atoms with Crippen LogP contribution in [-0.4, -0.2) is 56.3 Å². The molecule has 1 aromatic rings. The Bertz CT molecular complexity index is 709.